The minimum absolute atomic E-state index is 0.00144. The molecule has 1 fully saturated rings. The second-order valence-corrected chi connectivity index (χ2v) is 13.7. The molecule has 5 N–H and O–H groups in total. The summed E-state index contributed by atoms with van der Waals surface area (Å²) in [5.41, 5.74) is 0.924. The van der Waals surface area contributed by atoms with Gasteiger partial charge in [-0.2, -0.15) is 0 Å². The molecule has 0 aliphatic heterocycles. The molecule has 1 aliphatic carbocycles. The lowest BCUT2D eigenvalue weighted by molar-refractivity contribution is -0.596. The van der Waals surface area contributed by atoms with Gasteiger partial charge in [0.2, 0.25) is 5.91 Å². The van der Waals surface area contributed by atoms with Gasteiger partial charge < -0.3 is 25.0 Å². The highest BCUT2D eigenvalue weighted by atomic mass is 16.3. The van der Waals surface area contributed by atoms with Crippen LogP contribution in [0.15, 0.2) is 49.1 Å². The molecule has 0 bridgehead atoms. The number of amides is 3. The molecule has 10 heteroatoms. The first kappa shape index (κ1) is 37.9. The number of primary amides is 1. The fourth-order valence-corrected chi connectivity index (χ4v) is 6.46. The van der Waals surface area contributed by atoms with Gasteiger partial charge in [0.15, 0.2) is 6.04 Å². The predicted molar refractivity (Wildman–Crippen MR) is 181 cm³/mol. The number of nitrogens with two attached hydrogens (primary N) is 1. The van der Waals surface area contributed by atoms with Gasteiger partial charge in [-0.15, -0.1) is 12.3 Å². The number of carbonyl (C=O) groups is 3. The van der Waals surface area contributed by atoms with Gasteiger partial charge in [-0.3, -0.25) is 14.9 Å². The lowest BCUT2D eigenvalue weighted by atomic mass is 9.82. The number of aliphatic hydroxyl groups is 2. The molecule has 2 aromatic rings. The SMILES string of the molecule is C#CCC[C@H]([NH2+]C(=O)[C@@H](CC(=O)N(C)CCn1ccnc1)Cc1ccccc1)C(=O)N[C@@H](CC1CCCCC1)C(O)[C@@H](O)CC(C)C. The minimum Gasteiger partial charge on any atom is -0.390 e. The maximum absolute atomic E-state index is 13.9. The Kier molecular flexibility index (Phi) is 16.1. The van der Waals surface area contributed by atoms with Gasteiger partial charge in [-0.05, 0) is 36.7 Å². The number of imidazole rings is 1. The van der Waals surface area contributed by atoms with E-state index >= 15 is 0 Å². The summed E-state index contributed by atoms with van der Waals surface area (Å²) in [4.78, 5) is 46.8. The zero-order valence-corrected chi connectivity index (χ0v) is 28.5. The van der Waals surface area contributed by atoms with E-state index in [2.05, 4.69) is 16.2 Å². The number of hydrogen-bond donors (Lipinski definition) is 4. The van der Waals surface area contributed by atoms with E-state index in [-0.39, 0.29) is 37.0 Å². The Labute approximate surface area is 280 Å². The molecule has 258 valence electrons. The van der Waals surface area contributed by atoms with E-state index in [9.17, 15) is 24.6 Å². The number of hydrogen-bond acceptors (Lipinski definition) is 6. The van der Waals surface area contributed by atoms with Crippen molar-refractivity contribution in [1.29, 1.82) is 0 Å². The van der Waals surface area contributed by atoms with Gasteiger partial charge in [-0.25, -0.2) is 9.78 Å². The molecule has 1 heterocycles. The first-order chi connectivity index (χ1) is 22.6. The largest absolute Gasteiger partial charge is 0.390 e. The number of aromatic nitrogens is 2. The number of terminal acetylenes is 1. The van der Waals surface area contributed by atoms with Crippen LogP contribution in [0.4, 0.5) is 0 Å². The highest BCUT2D eigenvalue weighted by molar-refractivity contribution is 5.85. The van der Waals surface area contributed by atoms with Crippen LogP contribution in [0, 0.1) is 30.1 Å². The van der Waals surface area contributed by atoms with E-state index in [0.717, 1.165) is 31.2 Å². The molecule has 3 amide bonds. The van der Waals surface area contributed by atoms with Gasteiger partial charge in [0.05, 0.1) is 24.4 Å². The number of nitrogens with zero attached hydrogens (tertiary/aromatic N) is 3. The van der Waals surface area contributed by atoms with E-state index in [1.807, 2.05) is 54.9 Å². The van der Waals surface area contributed by atoms with E-state index < -0.39 is 36.1 Å². The third-order valence-electron chi connectivity index (χ3n) is 9.29. The van der Waals surface area contributed by atoms with Crippen molar-refractivity contribution < 1.29 is 29.9 Å². The second kappa shape index (κ2) is 20.0. The van der Waals surface area contributed by atoms with Crippen molar-refractivity contribution in [3.05, 3.63) is 54.6 Å². The van der Waals surface area contributed by atoms with E-state index in [0.29, 0.717) is 38.3 Å². The maximum atomic E-state index is 13.9. The van der Waals surface area contributed by atoms with Crippen molar-refractivity contribution in [2.24, 2.45) is 17.8 Å². The van der Waals surface area contributed by atoms with Gasteiger partial charge in [-0.1, -0.05) is 76.3 Å². The highest BCUT2D eigenvalue weighted by Gasteiger charge is 2.36. The summed E-state index contributed by atoms with van der Waals surface area (Å²) in [5.74, 6) is 1.59. The van der Waals surface area contributed by atoms with Crippen LogP contribution in [-0.2, 0) is 27.3 Å². The summed E-state index contributed by atoms with van der Waals surface area (Å²) >= 11 is 0. The first-order valence-electron chi connectivity index (χ1n) is 17.3. The molecule has 1 aliphatic rings. The fraction of sp³-hybridized carbons (Fsp3) is 0.622. The van der Waals surface area contributed by atoms with E-state index in [4.69, 9.17) is 6.42 Å². The third-order valence-corrected chi connectivity index (χ3v) is 9.29. The van der Waals surface area contributed by atoms with Crippen LogP contribution < -0.4 is 10.6 Å². The molecular formula is C37H56N5O5+. The number of likely N-dealkylation sites (N-methyl/N-ethyl adjacent to an activating group) is 1. The molecule has 5 atom stereocenters. The maximum Gasteiger partial charge on any atom is 0.315 e. The van der Waals surface area contributed by atoms with Crippen LogP contribution in [0.2, 0.25) is 0 Å². The van der Waals surface area contributed by atoms with Gasteiger partial charge >= 0.3 is 5.91 Å². The monoisotopic (exact) mass is 650 g/mol. The van der Waals surface area contributed by atoms with Crippen molar-refractivity contribution in [1.82, 2.24) is 19.8 Å². The van der Waals surface area contributed by atoms with Crippen molar-refractivity contribution in [3.8, 4) is 12.3 Å². The van der Waals surface area contributed by atoms with Crippen molar-refractivity contribution in [3.63, 3.8) is 0 Å². The fourth-order valence-electron chi connectivity index (χ4n) is 6.46. The molecule has 1 saturated carbocycles. The van der Waals surface area contributed by atoms with Crippen molar-refractivity contribution in [2.75, 3.05) is 13.6 Å². The Morgan fingerprint density at radius 1 is 1.15 bits per heavy atom. The molecular weight excluding hydrogens is 594 g/mol. The van der Waals surface area contributed by atoms with Crippen LogP contribution in [0.25, 0.3) is 0 Å². The van der Waals surface area contributed by atoms with Crippen molar-refractivity contribution in [2.45, 2.75) is 115 Å². The minimum atomic E-state index is -1.13. The summed E-state index contributed by atoms with van der Waals surface area (Å²) in [6.07, 6.45) is 16.0. The molecule has 0 saturated heterocycles. The molecule has 1 unspecified atom stereocenters. The number of carbonyl (C=O) groups excluding carboxylic acids is 3. The average Bonchev–Trinajstić information content (AvgIpc) is 3.59. The number of aliphatic hydroxyl groups excluding tert-OH is 2. The van der Waals surface area contributed by atoms with Gasteiger partial charge in [0, 0.05) is 51.8 Å². The number of quaternary nitrogens is 1. The summed E-state index contributed by atoms with van der Waals surface area (Å²) in [7, 11) is 1.72. The van der Waals surface area contributed by atoms with E-state index in [1.165, 1.54) is 11.7 Å². The summed E-state index contributed by atoms with van der Waals surface area (Å²) in [6.45, 7) is 5.01. The number of benzene rings is 1. The summed E-state index contributed by atoms with van der Waals surface area (Å²) in [6, 6.07) is 8.06. The first-order valence-corrected chi connectivity index (χ1v) is 17.3. The molecule has 47 heavy (non-hydrogen) atoms. The summed E-state index contributed by atoms with van der Waals surface area (Å²) in [5, 5.41) is 26.5. The van der Waals surface area contributed by atoms with Crippen LogP contribution in [0.1, 0.15) is 83.6 Å². The Bertz CT molecular complexity index is 1260. The van der Waals surface area contributed by atoms with Gasteiger partial charge in [0.25, 0.3) is 5.91 Å². The average molecular weight is 651 g/mol. The lowest BCUT2D eigenvalue weighted by Gasteiger charge is -2.33. The quantitative estimate of drug-likeness (QED) is 0.172. The summed E-state index contributed by atoms with van der Waals surface area (Å²) < 4.78 is 1.89. The van der Waals surface area contributed by atoms with Crippen LogP contribution in [0.3, 0.4) is 0 Å². The smallest absolute Gasteiger partial charge is 0.315 e. The molecule has 1 aromatic heterocycles. The highest BCUT2D eigenvalue weighted by Crippen LogP contribution is 2.29. The van der Waals surface area contributed by atoms with Gasteiger partial charge in [0.1, 0.15) is 6.10 Å². The topological polar surface area (TPSA) is 141 Å². The Hall–Kier alpha value is -3.52. The van der Waals surface area contributed by atoms with Crippen LogP contribution in [-0.4, -0.2) is 80.3 Å². The molecule has 0 spiro atoms. The zero-order valence-electron chi connectivity index (χ0n) is 28.5. The van der Waals surface area contributed by atoms with E-state index in [1.54, 1.807) is 24.5 Å². The molecule has 3 rings (SSSR count). The lowest BCUT2D eigenvalue weighted by Crippen LogP contribution is -2.97. The Balaban J connectivity index is 1.75. The zero-order chi connectivity index (χ0) is 34.2. The second-order valence-electron chi connectivity index (χ2n) is 13.7. The molecule has 1 aromatic carbocycles. The number of rotatable bonds is 19. The Morgan fingerprint density at radius 3 is 2.51 bits per heavy atom. The third kappa shape index (κ3) is 13.3. The van der Waals surface area contributed by atoms with Crippen LogP contribution >= 0.6 is 0 Å². The predicted octanol–water partition coefficient (Wildman–Crippen LogP) is 2.69. The molecule has 0 radical (unpaired) electrons. The molecule has 10 nitrogen and oxygen atoms in total. The normalized spacial score (nSPS) is 16.9. The Morgan fingerprint density at radius 2 is 1.87 bits per heavy atom. The van der Waals surface area contributed by atoms with Crippen LogP contribution in [0.5, 0.6) is 0 Å². The van der Waals surface area contributed by atoms with Crippen molar-refractivity contribution >= 4 is 17.7 Å². The standard InChI is InChI=1S/C37H55N5O5/c1-5-6-17-31(37(47)40-32(24-29-15-11-8-12-16-29)35(45)33(43)22-27(2)3)39-36(46)30(23-28-13-9-7-10-14-28)25-34(44)41(4)20-21-42-19-18-38-26-42/h1,7,9-10,13-14,18-19,26-27,29-33,35,43,45H,6,8,11-12,15-17,20-25H2,2-4H3,(H,39,46)(H,40,47)/p+1/t30-,31+,32+,33+,35?/m1/s1. The number of nitrogens with one attached hydrogen (secondary N) is 1.